The van der Waals surface area contributed by atoms with Gasteiger partial charge in [-0.25, -0.2) is 5.43 Å². The highest BCUT2D eigenvalue weighted by Crippen LogP contribution is 2.28. The Morgan fingerprint density at radius 1 is 1.14 bits per heavy atom. The summed E-state index contributed by atoms with van der Waals surface area (Å²) >= 11 is 3.35. The fourth-order valence-electron chi connectivity index (χ4n) is 2.21. The molecule has 0 atom stereocenters. The molecule has 9 heteroatoms. The van der Waals surface area contributed by atoms with Gasteiger partial charge in [-0.1, -0.05) is 15.9 Å². The van der Waals surface area contributed by atoms with Gasteiger partial charge in [-0.2, -0.15) is 5.10 Å². The molecule has 0 aliphatic heterocycles. The second kappa shape index (κ2) is 10.3. The summed E-state index contributed by atoms with van der Waals surface area (Å²) < 4.78 is 16.8. The normalized spacial score (nSPS) is 10.5. The molecule has 0 unspecified atom stereocenters. The number of carbonyl (C=O) groups is 2. The van der Waals surface area contributed by atoms with Gasteiger partial charge < -0.3 is 19.9 Å². The number of nitrogens with one attached hydrogen (secondary N) is 1. The van der Waals surface area contributed by atoms with Crippen molar-refractivity contribution in [1.29, 1.82) is 0 Å². The highest BCUT2D eigenvalue weighted by molar-refractivity contribution is 9.10. The average Bonchev–Trinajstić information content (AvgIpc) is 2.67. The summed E-state index contributed by atoms with van der Waals surface area (Å²) in [5.41, 5.74) is 8.45. The fourth-order valence-corrected chi connectivity index (χ4v) is 2.59. The number of ether oxygens (including phenoxy) is 3. The molecule has 2 amide bonds. The molecule has 0 fully saturated rings. The maximum absolute atomic E-state index is 12.3. The van der Waals surface area contributed by atoms with E-state index in [0.29, 0.717) is 35.0 Å². The number of methoxy groups -OCH3 is 1. The van der Waals surface area contributed by atoms with E-state index in [1.54, 1.807) is 36.4 Å². The van der Waals surface area contributed by atoms with Crippen molar-refractivity contribution >= 4 is 34.0 Å². The van der Waals surface area contributed by atoms with Gasteiger partial charge in [0, 0.05) is 15.6 Å². The Morgan fingerprint density at radius 3 is 2.57 bits per heavy atom. The first-order chi connectivity index (χ1) is 13.4. The Kier molecular flexibility index (Phi) is 7.82. The van der Waals surface area contributed by atoms with E-state index in [9.17, 15) is 9.59 Å². The van der Waals surface area contributed by atoms with E-state index in [0.717, 1.165) is 4.47 Å². The van der Waals surface area contributed by atoms with Gasteiger partial charge in [-0.05, 0) is 43.3 Å². The van der Waals surface area contributed by atoms with Crippen LogP contribution in [0.5, 0.6) is 17.2 Å². The zero-order valence-corrected chi connectivity index (χ0v) is 17.0. The first-order valence-electron chi connectivity index (χ1n) is 8.29. The monoisotopic (exact) mass is 449 g/mol. The summed E-state index contributed by atoms with van der Waals surface area (Å²) in [7, 11) is 1.53. The predicted octanol–water partition coefficient (Wildman–Crippen LogP) is 2.48. The second-order valence-corrected chi connectivity index (χ2v) is 6.35. The van der Waals surface area contributed by atoms with Gasteiger partial charge in [-0.15, -0.1) is 0 Å². The van der Waals surface area contributed by atoms with Crippen molar-refractivity contribution in [2.45, 2.75) is 6.92 Å². The van der Waals surface area contributed by atoms with Crippen LogP contribution in [0.15, 0.2) is 46.0 Å². The van der Waals surface area contributed by atoms with Gasteiger partial charge in [-0.3, -0.25) is 9.59 Å². The number of nitrogens with zero attached hydrogens (tertiary/aromatic N) is 1. The number of hydrazone groups is 1. The number of amides is 2. The molecule has 28 heavy (non-hydrogen) atoms. The summed E-state index contributed by atoms with van der Waals surface area (Å²) in [5.74, 6) is 0.393. The molecular formula is C19H20BrN3O5. The van der Waals surface area contributed by atoms with Gasteiger partial charge in [0.25, 0.3) is 11.8 Å². The molecule has 0 saturated carbocycles. The molecule has 0 aromatic heterocycles. The van der Waals surface area contributed by atoms with Crippen LogP contribution in [0.1, 0.15) is 22.8 Å². The standard InChI is InChI=1S/C19H20BrN3O5/c1-3-27-17-9-12(4-6-16(17)26-2)19(25)23-22-10-13-8-14(20)5-7-15(13)28-11-18(21)24/h4-10H,3,11H2,1-2H3,(H2,21,24)(H,23,25)/b22-10+. The van der Waals surface area contributed by atoms with Crippen LogP contribution in [-0.2, 0) is 4.79 Å². The third-order valence-electron chi connectivity index (χ3n) is 3.44. The fraction of sp³-hybridized carbons (Fsp3) is 0.211. The highest BCUT2D eigenvalue weighted by Gasteiger charge is 2.11. The number of rotatable bonds is 9. The Bertz CT molecular complexity index is 886. The number of hydrogen-bond donors (Lipinski definition) is 2. The summed E-state index contributed by atoms with van der Waals surface area (Å²) in [4.78, 5) is 23.2. The Hall–Kier alpha value is -3.07. The zero-order valence-electron chi connectivity index (χ0n) is 15.4. The predicted molar refractivity (Wildman–Crippen MR) is 108 cm³/mol. The largest absolute Gasteiger partial charge is 0.493 e. The Labute approximate surface area is 170 Å². The minimum atomic E-state index is -0.594. The molecule has 2 aromatic carbocycles. The van der Waals surface area contributed by atoms with E-state index >= 15 is 0 Å². The molecule has 2 aromatic rings. The molecule has 2 rings (SSSR count). The lowest BCUT2D eigenvalue weighted by Gasteiger charge is -2.10. The van der Waals surface area contributed by atoms with Crippen molar-refractivity contribution in [3.8, 4) is 17.2 Å². The van der Waals surface area contributed by atoms with E-state index < -0.39 is 11.8 Å². The van der Waals surface area contributed by atoms with Crippen LogP contribution >= 0.6 is 15.9 Å². The lowest BCUT2D eigenvalue weighted by molar-refractivity contribution is -0.119. The number of primary amides is 1. The number of benzene rings is 2. The van der Waals surface area contributed by atoms with E-state index in [1.165, 1.54) is 13.3 Å². The topological polar surface area (TPSA) is 112 Å². The van der Waals surface area contributed by atoms with Gasteiger partial charge in [0.1, 0.15) is 5.75 Å². The summed E-state index contributed by atoms with van der Waals surface area (Å²) in [6.07, 6.45) is 1.41. The molecule has 0 spiro atoms. The van der Waals surface area contributed by atoms with Crippen LogP contribution in [0.2, 0.25) is 0 Å². The highest BCUT2D eigenvalue weighted by atomic mass is 79.9. The Morgan fingerprint density at radius 2 is 1.89 bits per heavy atom. The van der Waals surface area contributed by atoms with Crippen molar-refractivity contribution < 1.29 is 23.8 Å². The summed E-state index contributed by atoms with van der Waals surface area (Å²) in [5, 5.41) is 3.95. The molecule has 0 aliphatic rings. The molecule has 0 bridgehead atoms. The molecular weight excluding hydrogens is 430 g/mol. The SMILES string of the molecule is CCOc1cc(C(=O)N/N=C/c2cc(Br)ccc2OCC(N)=O)ccc1OC. The minimum absolute atomic E-state index is 0.263. The first kappa shape index (κ1) is 21.2. The smallest absolute Gasteiger partial charge is 0.271 e. The quantitative estimate of drug-likeness (QED) is 0.450. The van der Waals surface area contributed by atoms with Crippen molar-refractivity contribution in [3.63, 3.8) is 0 Å². The lowest BCUT2D eigenvalue weighted by atomic mass is 10.2. The van der Waals surface area contributed by atoms with E-state index in [-0.39, 0.29) is 6.61 Å². The molecule has 0 aliphatic carbocycles. The Balaban J connectivity index is 2.12. The van der Waals surface area contributed by atoms with Gasteiger partial charge in [0.05, 0.1) is 19.9 Å². The van der Waals surface area contributed by atoms with Gasteiger partial charge in [0.2, 0.25) is 0 Å². The molecule has 8 nitrogen and oxygen atoms in total. The number of carbonyl (C=O) groups excluding carboxylic acids is 2. The van der Waals surface area contributed by atoms with Gasteiger partial charge in [0.15, 0.2) is 18.1 Å². The number of hydrogen-bond acceptors (Lipinski definition) is 6. The molecule has 0 radical (unpaired) electrons. The molecule has 0 saturated heterocycles. The summed E-state index contributed by atoms with van der Waals surface area (Å²) in [6.45, 7) is 2.02. The third-order valence-corrected chi connectivity index (χ3v) is 3.93. The third kappa shape index (κ3) is 5.98. The number of halogens is 1. The van der Waals surface area contributed by atoms with Crippen LogP contribution in [0, 0.1) is 0 Å². The van der Waals surface area contributed by atoms with Crippen LogP contribution in [-0.4, -0.2) is 38.4 Å². The van der Waals surface area contributed by atoms with Crippen LogP contribution < -0.4 is 25.4 Å². The van der Waals surface area contributed by atoms with E-state index in [2.05, 4.69) is 26.5 Å². The van der Waals surface area contributed by atoms with Crippen molar-refractivity contribution in [3.05, 3.63) is 52.0 Å². The number of nitrogens with two attached hydrogens (primary N) is 1. The second-order valence-electron chi connectivity index (χ2n) is 5.43. The lowest BCUT2D eigenvalue weighted by Crippen LogP contribution is -2.20. The minimum Gasteiger partial charge on any atom is -0.493 e. The maximum atomic E-state index is 12.3. The van der Waals surface area contributed by atoms with Crippen molar-refractivity contribution in [1.82, 2.24) is 5.43 Å². The first-order valence-corrected chi connectivity index (χ1v) is 9.08. The molecule has 3 N–H and O–H groups in total. The average molecular weight is 450 g/mol. The van der Waals surface area contributed by atoms with Crippen molar-refractivity contribution in [2.75, 3.05) is 20.3 Å². The van der Waals surface area contributed by atoms with E-state index in [1.807, 2.05) is 6.92 Å². The van der Waals surface area contributed by atoms with Crippen LogP contribution in [0.4, 0.5) is 0 Å². The maximum Gasteiger partial charge on any atom is 0.271 e. The molecule has 0 heterocycles. The summed E-state index contributed by atoms with van der Waals surface area (Å²) in [6, 6.07) is 9.97. The van der Waals surface area contributed by atoms with Crippen LogP contribution in [0.3, 0.4) is 0 Å². The van der Waals surface area contributed by atoms with Gasteiger partial charge >= 0.3 is 0 Å². The van der Waals surface area contributed by atoms with Crippen molar-refractivity contribution in [2.24, 2.45) is 10.8 Å². The molecule has 148 valence electrons. The van der Waals surface area contributed by atoms with E-state index in [4.69, 9.17) is 19.9 Å². The van der Waals surface area contributed by atoms with Crippen LogP contribution in [0.25, 0.3) is 0 Å². The zero-order chi connectivity index (χ0) is 20.5.